The normalized spacial score (nSPS) is 10.4. The van der Waals surface area contributed by atoms with Gasteiger partial charge in [-0.25, -0.2) is 0 Å². The van der Waals surface area contributed by atoms with Gasteiger partial charge >= 0.3 is 0 Å². The zero-order valence-electron chi connectivity index (χ0n) is 8.61. The van der Waals surface area contributed by atoms with E-state index in [1.165, 1.54) is 0 Å². The first-order chi connectivity index (χ1) is 7.76. The van der Waals surface area contributed by atoms with Crippen LogP contribution in [0.25, 0.3) is 11.3 Å². The molecule has 0 amide bonds. The van der Waals surface area contributed by atoms with E-state index in [4.69, 9.17) is 14.4 Å². The summed E-state index contributed by atoms with van der Waals surface area (Å²) in [4.78, 5) is 0. The Bertz CT molecular complexity index is 478. The van der Waals surface area contributed by atoms with E-state index in [0.29, 0.717) is 15.9 Å². The lowest BCUT2D eigenvalue weighted by molar-refractivity contribution is 0.266. The summed E-state index contributed by atoms with van der Waals surface area (Å²) >= 11 is 3.34. The van der Waals surface area contributed by atoms with Gasteiger partial charge in [0.25, 0.3) is 0 Å². The van der Waals surface area contributed by atoms with Gasteiger partial charge in [0.15, 0.2) is 5.76 Å². The molecule has 1 N–H and O–H groups in total. The van der Waals surface area contributed by atoms with Crippen molar-refractivity contribution < 1.29 is 14.4 Å². The van der Waals surface area contributed by atoms with E-state index in [1.54, 1.807) is 7.11 Å². The number of ether oxygens (including phenoxy) is 1. The van der Waals surface area contributed by atoms with Crippen LogP contribution in [0, 0.1) is 0 Å². The lowest BCUT2D eigenvalue weighted by atomic mass is 10.1. The molecule has 0 spiro atoms. The predicted octanol–water partition coefficient (Wildman–Crippen LogP) is 2.61. The molecule has 5 heteroatoms. The molecule has 84 valence electrons. The summed E-state index contributed by atoms with van der Waals surface area (Å²) in [7, 11) is 1.61. The maximum absolute atomic E-state index is 8.99. The maximum Gasteiger partial charge on any atom is 0.181 e. The average molecular weight is 284 g/mol. The number of hydrogen-bond acceptors (Lipinski definition) is 4. The van der Waals surface area contributed by atoms with Crippen LogP contribution in [0.3, 0.4) is 0 Å². The number of nitrogens with zero attached hydrogens (tertiary/aromatic N) is 1. The zero-order chi connectivity index (χ0) is 11.5. The van der Waals surface area contributed by atoms with Crippen LogP contribution >= 0.6 is 15.9 Å². The number of halogens is 1. The molecule has 0 aliphatic carbocycles. The summed E-state index contributed by atoms with van der Waals surface area (Å²) in [5, 5.41) is 12.7. The third-order valence-corrected chi connectivity index (χ3v) is 3.02. The second-order valence-corrected chi connectivity index (χ2v) is 3.95. The lowest BCUT2D eigenvalue weighted by Gasteiger charge is -2.00. The first kappa shape index (κ1) is 11.2. The van der Waals surface area contributed by atoms with E-state index in [9.17, 15) is 0 Å². The van der Waals surface area contributed by atoms with Crippen molar-refractivity contribution in [1.29, 1.82) is 0 Å². The van der Waals surface area contributed by atoms with Crippen LogP contribution in [0.5, 0.6) is 5.75 Å². The molecule has 16 heavy (non-hydrogen) atoms. The molecule has 1 aromatic heterocycles. The Kier molecular flexibility index (Phi) is 3.26. The van der Waals surface area contributed by atoms with Gasteiger partial charge < -0.3 is 14.4 Å². The molecule has 1 heterocycles. The molecule has 4 nitrogen and oxygen atoms in total. The fourth-order valence-electron chi connectivity index (χ4n) is 1.33. The minimum atomic E-state index is -0.153. The second kappa shape index (κ2) is 4.67. The van der Waals surface area contributed by atoms with Crippen molar-refractivity contribution in [2.24, 2.45) is 0 Å². The minimum absolute atomic E-state index is 0.153. The minimum Gasteiger partial charge on any atom is -0.497 e. The monoisotopic (exact) mass is 283 g/mol. The molecule has 0 fully saturated rings. The molecule has 0 radical (unpaired) electrons. The SMILES string of the molecule is COc1ccc(-c2onc(CO)c2Br)cc1. The van der Waals surface area contributed by atoms with Crippen LogP contribution in [-0.4, -0.2) is 17.4 Å². The molecular weight excluding hydrogens is 274 g/mol. The number of rotatable bonds is 3. The molecule has 2 aromatic rings. The molecule has 2 rings (SSSR count). The van der Waals surface area contributed by atoms with Crippen molar-refractivity contribution in [3.63, 3.8) is 0 Å². The topological polar surface area (TPSA) is 55.5 Å². The highest BCUT2D eigenvalue weighted by Gasteiger charge is 2.14. The summed E-state index contributed by atoms with van der Waals surface area (Å²) in [5.41, 5.74) is 1.37. The Morgan fingerprint density at radius 3 is 2.56 bits per heavy atom. The van der Waals surface area contributed by atoms with Crippen LogP contribution in [0.4, 0.5) is 0 Å². The quantitative estimate of drug-likeness (QED) is 0.941. The van der Waals surface area contributed by atoms with E-state index in [-0.39, 0.29) is 6.61 Å². The summed E-state index contributed by atoms with van der Waals surface area (Å²) in [6.07, 6.45) is 0. The van der Waals surface area contributed by atoms with Crippen LogP contribution in [0.2, 0.25) is 0 Å². The molecule has 0 aliphatic rings. The first-order valence-electron chi connectivity index (χ1n) is 4.65. The van der Waals surface area contributed by atoms with E-state index in [2.05, 4.69) is 21.1 Å². The molecule has 0 bridgehead atoms. The summed E-state index contributed by atoms with van der Waals surface area (Å²) in [6.45, 7) is -0.153. The highest BCUT2D eigenvalue weighted by Crippen LogP contribution is 2.31. The van der Waals surface area contributed by atoms with Gasteiger partial charge in [-0.1, -0.05) is 5.16 Å². The molecule has 0 saturated carbocycles. The van der Waals surface area contributed by atoms with Gasteiger partial charge in [-0.3, -0.25) is 0 Å². The predicted molar refractivity (Wildman–Crippen MR) is 62.1 cm³/mol. The van der Waals surface area contributed by atoms with Gasteiger partial charge in [0.05, 0.1) is 18.2 Å². The Morgan fingerprint density at radius 1 is 1.38 bits per heavy atom. The van der Waals surface area contributed by atoms with Crippen molar-refractivity contribution >= 4 is 15.9 Å². The van der Waals surface area contributed by atoms with Gasteiger partial charge in [-0.05, 0) is 40.2 Å². The van der Waals surface area contributed by atoms with Crippen LogP contribution in [0.15, 0.2) is 33.3 Å². The smallest absolute Gasteiger partial charge is 0.181 e. The van der Waals surface area contributed by atoms with E-state index >= 15 is 0 Å². The van der Waals surface area contributed by atoms with E-state index in [1.807, 2.05) is 24.3 Å². The van der Waals surface area contributed by atoms with Crippen LogP contribution in [0.1, 0.15) is 5.69 Å². The Morgan fingerprint density at radius 2 is 2.06 bits per heavy atom. The van der Waals surface area contributed by atoms with Crippen molar-refractivity contribution in [2.45, 2.75) is 6.61 Å². The Labute approximate surface area is 101 Å². The number of benzene rings is 1. The molecule has 0 atom stereocenters. The lowest BCUT2D eigenvalue weighted by Crippen LogP contribution is -1.83. The van der Waals surface area contributed by atoms with Crippen LogP contribution < -0.4 is 4.74 Å². The van der Waals surface area contributed by atoms with Gasteiger partial charge in [-0.15, -0.1) is 0 Å². The molecule has 0 saturated heterocycles. The largest absolute Gasteiger partial charge is 0.497 e. The van der Waals surface area contributed by atoms with Crippen molar-refractivity contribution in [3.8, 4) is 17.1 Å². The molecule has 0 aliphatic heterocycles. The van der Waals surface area contributed by atoms with Gasteiger partial charge in [0.1, 0.15) is 11.4 Å². The zero-order valence-corrected chi connectivity index (χ0v) is 10.2. The van der Waals surface area contributed by atoms with Crippen molar-refractivity contribution in [3.05, 3.63) is 34.4 Å². The molecule has 1 aromatic carbocycles. The Balaban J connectivity index is 2.38. The third kappa shape index (κ3) is 1.96. The maximum atomic E-state index is 8.99. The highest BCUT2D eigenvalue weighted by atomic mass is 79.9. The Hall–Kier alpha value is -1.33. The third-order valence-electron chi connectivity index (χ3n) is 2.20. The standard InChI is InChI=1S/C11H10BrNO3/c1-15-8-4-2-7(3-5-8)11-10(12)9(6-14)13-16-11/h2-5,14H,6H2,1H3. The summed E-state index contributed by atoms with van der Waals surface area (Å²) < 4.78 is 10.9. The number of methoxy groups -OCH3 is 1. The number of aromatic nitrogens is 1. The first-order valence-corrected chi connectivity index (χ1v) is 5.45. The van der Waals surface area contributed by atoms with Crippen molar-refractivity contribution in [2.75, 3.05) is 7.11 Å². The molecule has 0 unspecified atom stereocenters. The number of aliphatic hydroxyl groups is 1. The van der Waals surface area contributed by atoms with Gasteiger partial charge in [0.2, 0.25) is 0 Å². The van der Waals surface area contributed by atoms with Gasteiger partial charge in [-0.2, -0.15) is 0 Å². The fraction of sp³-hybridized carbons (Fsp3) is 0.182. The average Bonchev–Trinajstić information content (AvgIpc) is 2.70. The van der Waals surface area contributed by atoms with Crippen LogP contribution in [-0.2, 0) is 6.61 Å². The van der Waals surface area contributed by atoms with Gasteiger partial charge in [0, 0.05) is 5.56 Å². The summed E-state index contributed by atoms with van der Waals surface area (Å²) in [6, 6.07) is 7.41. The van der Waals surface area contributed by atoms with E-state index in [0.717, 1.165) is 11.3 Å². The fourth-order valence-corrected chi connectivity index (χ4v) is 1.83. The molecular formula is C11H10BrNO3. The second-order valence-electron chi connectivity index (χ2n) is 3.16. The number of aliphatic hydroxyl groups excluding tert-OH is 1. The highest BCUT2D eigenvalue weighted by molar-refractivity contribution is 9.10. The summed E-state index contributed by atoms with van der Waals surface area (Å²) in [5.74, 6) is 1.38. The van der Waals surface area contributed by atoms with E-state index < -0.39 is 0 Å². The number of hydrogen-bond donors (Lipinski definition) is 1. The van der Waals surface area contributed by atoms with Crippen molar-refractivity contribution in [1.82, 2.24) is 5.16 Å².